The second-order valence-electron chi connectivity index (χ2n) is 3.04. The van der Waals surface area contributed by atoms with E-state index in [1.807, 2.05) is 0 Å². The third kappa shape index (κ3) is 2.19. The number of carbonyl (C=O) groups excluding carboxylic acids is 1. The minimum absolute atomic E-state index is 0.141. The van der Waals surface area contributed by atoms with Gasteiger partial charge in [0.05, 0.1) is 19.6 Å². The first-order chi connectivity index (χ1) is 5.24. The number of carbonyl (C=O) groups is 1. The minimum Gasteiger partial charge on any atom is -0.469 e. The lowest BCUT2D eigenvalue weighted by Crippen LogP contribution is -2.17. The van der Waals surface area contributed by atoms with Crippen molar-refractivity contribution in [1.29, 1.82) is 0 Å². The molecule has 1 rings (SSSR count). The first-order valence-corrected chi connectivity index (χ1v) is 3.99. The number of ether oxygens (including phenoxy) is 1. The van der Waals surface area contributed by atoms with Gasteiger partial charge in [-0.3, -0.25) is 4.79 Å². The third-order valence-electron chi connectivity index (χ3n) is 2.28. The van der Waals surface area contributed by atoms with E-state index < -0.39 is 0 Å². The Morgan fingerprint density at radius 3 is 2.82 bits per heavy atom. The quantitative estimate of drug-likeness (QED) is 0.602. The van der Waals surface area contributed by atoms with Crippen LogP contribution in [0.3, 0.4) is 0 Å². The molecule has 2 atom stereocenters. The van der Waals surface area contributed by atoms with Crippen LogP contribution >= 0.6 is 0 Å². The molecule has 1 aliphatic carbocycles. The lowest BCUT2D eigenvalue weighted by Gasteiger charge is -2.11. The standard InChI is InChI=1S/C8H14O3/c1-11-8(10)5-6-3-2-4-7(6)9/h6-7,9H,2-5H2,1H3/t6-,7+/m1/s1. The molecule has 1 N–H and O–H groups in total. The molecule has 0 saturated heterocycles. The molecule has 3 heteroatoms. The van der Waals surface area contributed by atoms with Gasteiger partial charge in [0, 0.05) is 0 Å². The SMILES string of the molecule is COC(=O)C[C@H]1CCC[C@@H]1O. The summed E-state index contributed by atoms with van der Waals surface area (Å²) in [4.78, 5) is 10.8. The first-order valence-electron chi connectivity index (χ1n) is 3.99. The number of hydrogen-bond donors (Lipinski definition) is 1. The third-order valence-corrected chi connectivity index (χ3v) is 2.28. The van der Waals surface area contributed by atoms with Crippen molar-refractivity contribution in [2.75, 3.05) is 7.11 Å². The molecule has 0 spiro atoms. The number of aliphatic hydroxyl groups is 1. The van der Waals surface area contributed by atoms with Gasteiger partial charge in [-0.25, -0.2) is 0 Å². The average molecular weight is 158 g/mol. The summed E-state index contributed by atoms with van der Waals surface area (Å²) in [7, 11) is 1.38. The van der Waals surface area contributed by atoms with E-state index in [1.165, 1.54) is 7.11 Å². The summed E-state index contributed by atoms with van der Waals surface area (Å²) in [5.41, 5.74) is 0. The summed E-state index contributed by atoms with van der Waals surface area (Å²) in [6, 6.07) is 0. The minimum atomic E-state index is -0.283. The monoisotopic (exact) mass is 158 g/mol. The Balaban J connectivity index is 2.30. The van der Waals surface area contributed by atoms with Gasteiger partial charge in [-0.2, -0.15) is 0 Å². The fraction of sp³-hybridized carbons (Fsp3) is 0.875. The molecule has 0 aromatic heterocycles. The van der Waals surface area contributed by atoms with E-state index in [-0.39, 0.29) is 18.0 Å². The summed E-state index contributed by atoms with van der Waals surface area (Å²) in [6.07, 6.45) is 2.91. The predicted molar refractivity (Wildman–Crippen MR) is 40.0 cm³/mol. The topological polar surface area (TPSA) is 46.5 Å². The second kappa shape index (κ2) is 3.72. The molecule has 1 aliphatic rings. The highest BCUT2D eigenvalue weighted by Crippen LogP contribution is 2.28. The lowest BCUT2D eigenvalue weighted by atomic mass is 10.0. The first kappa shape index (κ1) is 8.53. The molecule has 0 aromatic carbocycles. The van der Waals surface area contributed by atoms with Crippen molar-refractivity contribution in [3.05, 3.63) is 0 Å². The van der Waals surface area contributed by atoms with Gasteiger partial charge >= 0.3 is 5.97 Å². The Hall–Kier alpha value is -0.570. The Kier molecular flexibility index (Phi) is 2.88. The van der Waals surface area contributed by atoms with E-state index in [9.17, 15) is 9.90 Å². The Labute approximate surface area is 66.4 Å². The molecule has 3 nitrogen and oxygen atoms in total. The zero-order valence-electron chi connectivity index (χ0n) is 6.75. The molecular formula is C8H14O3. The summed E-state index contributed by atoms with van der Waals surface area (Å²) < 4.78 is 4.51. The van der Waals surface area contributed by atoms with Gasteiger partial charge in [0.25, 0.3) is 0 Å². The van der Waals surface area contributed by atoms with Crippen LogP contribution in [-0.2, 0) is 9.53 Å². The van der Waals surface area contributed by atoms with Crippen molar-refractivity contribution in [3.8, 4) is 0 Å². The van der Waals surface area contributed by atoms with Crippen molar-refractivity contribution >= 4 is 5.97 Å². The normalized spacial score (nSPS) is 30.4. The highest BCUT2D eigenvalue weighted by atomic mass is 16.5. The number of aliphatic hydroxyl groups excluding tert-OH is 1. The van der Waals surface area contributed by atoms with Crippen molar-refractivity contribution in [3.63, 3.8) is 0 Å². The lowest BCUT2D eigenvalue weighted by molar-refractivity contribution is -0.142. The molecule has 0 unspecified atom stereocenters. The fourth-order valence-electron chi connectivity index (χ4n) is 1.55. The van der Waals surface area contributed by atoms with Crippen molar-refractivity contribution in [1.82, 2.24) is 0 Å². The van der Waals surface area contributed by atoms with Gasteiger partial charge in [-0.1, -0.05) is 6.42 Å². The van der Waals surface area contributed by atoms with Crippen molar-refractivity contribution in [2.24, 2.45) is 5.92 Å². The van der Waals surface area contributed by atoms with Crippen LogP contribution < -0.4 is 0 Å². The maximum atomic E-state index is 10.8. The van der Waals surface area contributed by atoms with Gasteiger partial charge < -0.3 is 9.84 Å². The Morgan fingerprint density at radius 1 is 1.64 bits per heavy atom. The Morgan fingerprint density at radius 2 is 2.36 bits per heavy atom. The molecule has 0 amide bonds. The van der Waals surface area contributed by atoms with E-state index in [0.29, 0.717) is 6.42 Å². The maximum Gasteiger partial charge on any atom is 0.305 e. The number of hydrogen-bond acceptors (Lipinski definition) is 3. The molecule has 1 fully saturated rings. The van der Waals surface area contributed by atoms with Crippen LogP contribution in [0.1, 0.15) is 25.7 Å². The fourth-order valence-corrected chi connectivity index (χ4v) is 1.55. The molecule has 0 aliphatic heterocycles. The van der Waals surface area contributed by atoms with E-state index >= 15 is 0 Å². The zero-order valence-corrected chi connectivity index (χ0v) is 6.75. The molecular weight excluding hydrogens is 144 g/mol. The molecule has 0 aromatic rings. The summed E-state index contributed by atoms with van der Waals surface area (Å²) >= 11 is 0. The Bertz CT molecular complexity index is 144. The van der Waals surface area contributed by atoms with Gasteiger partial charge in [0.15, 0.2) is 0 Å². The van der Waals surface area contributed by atoms with Crippen LogP contribution in [0.2, 0.25) is 0 Å². The number of rotatable bonds is 2. The van der Waals surface area contributed by atoms with Gasteiger partial charge in [0.2, 0.25) is 0 Å². The van der Waals surface area contributed by atoms with Gasteiger partial charge in [-0.05, 0) is 18.8 Å². The number of esters is 1. The van der Waals surface area contributed by atoms with E-state index in [2.05, 4.69) is 4.74 Å². The molecule has 0 radical (unpaired) electrons. The van der Waals surface area contributed by atoms with Crippen LogP contribution in [0.25, 0.3) is 0 Å². The highest BCUT2D eigenvalue weighted by molar-refractivity contribution is 5.69. The van der Waals surface area contributed by atoms with E-state index in [4.69, 9.17) is 0 Å². The van der Waals surface area contributed by atoms with Crippen LogP contribution in [-0.4, -0.2) is 24.3 Å². The van der Waals surface area contributed by atoms with Gasteiger partial charge in [-0.15, -0.1) is 0 Å². The largest absolute Gasteiger partial charge is 0.469 e. The molecule has 64 valence electrons. The van der Waals surface area contributed by atoms with E-state index in [0.717, 1.165) is 19.3 Å². The van der Waals surface area contributed by atoms with Crippen LogP contribution in [0, 0.1) is 5.92 Å². The molecule has 1 saturated carbocycles. The molecule has 0 bridgehead atoms. The number of methoxy groups -OCH3 is 1. The van der Waals surface area contributed by atoms with Crippen molar-refractivity contribution in [2.45, 2.75) is 31.8 Å². The summed E-state index contributed by atoms with van der Waals surface area (Å²) in [5, 5.41) is 9.33. The van der Waals surface area contributed by atoms with E-state index in [1.54, 1.807) is 0 Å². The smallest absolute Gasteiger partial charge is 0.305 e. The molecule has 0 heterocycles. The van der Waals surface area contributed by atoms with Crippen molar-refractivity contribution < 1.29 is 14.6 Å². The van der Waals surface area contributed by atoms with Gasteiger partial charge in [0.1, 0.15) is 0 Å². The predicted octanol–water partition coefficient (Wildman–Crippen LogP) is 0.710. The van der Waals surface area contributed by atoms with Crippen LogP contribution in [0.4, 0.5) is 0 Å². The summed E-state index contributed by atoms with van der Waals surface area (Å²) in [5.74, 6) is -0.0709. The summed E-state index contributed by atoms with van der Waals surface area (Å²) in [6.45, 7) is 0. The van der Waals surface area contributed by atoms with Crippen LogP contribution in [0.15, 0.2) is 0 Å². The zero-order chi connectivity index (χ0) is 8.27. The molecule has 11 heavy (non-hydrogen) atoms. The van der Waals surface area contributed by atoms with Crippen LogP contribution in [0.5, 0.6) is 0 Å². The highest BCUT2D eigenvalue weighted by Gasteiger charge is 2.27. The average Bonchev–Trinajstić information content (AvgIpc) is 2.37. The second-order valence-corrected chi connectivity index (χ2v) is 3.04. The maximum absolute atomic E-state index is 10.8.